The van der Waals surface area contributed by atoms with E-state index in [4.69, 9.17) is 0 Å². The van der Waals surface area contributed by atoms with Crippen LogP contribution in [0.1, 0.15) is 35.3 Å². The zero-order chi connectivity index (χ0) is 23.8. The molecule has 3 aromatic carbocycles. The zero-order valence-electron chi connectivity index (χ0n) is 19.8. The number of hydrogen-bond donors (Lipinski definition) is 1. The summed E-state index contributed by atoms with van der Waals surface area (Å²) in [6.07, 6.45) is 3.81. The number of hydrogen-bond acceptors (Lipinski definition) is 3. The van der Waals surface area contributed by atoms with Gasteiger partial charge in [0.25, 0.3) is 5.91 Å². The monoisotopic (exact) mass is 454 g/mol. The van der Waals surface area contributed by atoms with Crippen LogP contribution in [0.3, 0.4) is 0 Å². The van der Waals surface area contributed by atoms with Crippen LogP contribution in [0.15, 0.2) is 90.0 Å². The lowest BCUT2D eigenvalue weighted by molar-refractivity contribution is 0.102. The van der Waals surface area contributed by atoms with Gasteiger partial charge in [-0.1, -0.05) is 55.8 Å². The van der Waals surface area contributed by atoms with Gasteiger partial charge in [-0.2, -0.15) is 0 Å². The van der Waals surface area contributed by atoms with Crippen molar-refractivity contribution in [1.82, 2.24) is 4.98 Å². The summed E-state index contributed by atoms with van der Waals surface area (Å²) in [5, 5.41) is 3.07. The Hall–Kier alpha value is -3.37. The van der Waals surface area contributed by atoms with Crippen LogP contribution in [0.4, 0.5) is 5.69 Å². The van der Waals surface area contributed by atoms with Gasteiger partial charge in [0.1, 0.15) is 0 Å². The Kier molecular flexibility index (Phi) is 8.45. The molecule has 0 radical (unpaired) electrons. The lowest BCUT2D eigenvalue weighted by atomic mass is 9.94. The molecule has 1 N–H and O–H groups in total. The van der Waals surface area contributed by atoms with E-state index in [2.05, 4.69) is 48.4 Å². The van der Waals surface area contributed by atoms with Gasteiger partial charge in [-0.05, 0) is 79.3 Å². The molecule has 0 saturated carbocycles. The van der Waals surface area contributed by atoms with Crippen LogP contribution in [-0.2, 0) is 0 Å². The quantitative estimate of drug-likeness (QED) is 0.310. The fraction of sp³-hybridized carbons (Fsp3) is 0.172. The van der Waals surface area contributed by atoms with Crippen LogP contribution < -0.4 is 5.32 Å². The Bertz CT molecular complexity index is 1240. The molecule has 0 fully saturated rings. The van der Waals surface area contributed by atoms with Crippen LogP contribution in [0, 0.1) is 13.8 Å². The maximum Gasteiger partial charge on any atom is 0.256 e. The van der Waals surface area contributed by atoms with E-state index in [1.165, 1.54) is 5.56 Å². The summed E-state index contributed by atoms with van der Waals surface area (Å²) in [5.74, 6) is -0.124. The molecular weight excluding hydrogens is 424 g/mol. The fourth-order valence-corrected chi connectivity index (χ4v) is 4.12. The number of benzene rings is 3. The van der Waals surface area contributed by atoms with E-state index >= 15 is 0 Å². The Morgan fingerprint density at radius 3 is 2.36 bits per heavy atom. The van der Waals surface area contributed by atoms with Gasteiger partial charge in [0, 0.05) is 27.9 Å². The Morgan fingerprint density at radius 2 is 1.67 bits per heavy atom. The lowest BCUT2D eigenvalue weighted by Gasteiger charge is -2.15. The zero-order valence-corrected chi connectivity index (χ0v) is 20.7. The number of amides is 1. The van der Waals surface area contributed by atoms with E-state index in [1.54, 1.807) is 18.0 Å². The standard InChI is InChI=1S/C27H24N2OS.C2H6/c1-18-10-12-23(19(2)15-18)25-17-22(31-3)11-13-24(25)27(30)29-21-8-6-7-20(16-21)26-9-4-5-14-28-26;1-2/h4-17H,1-3H3,(H,29,30);1-2H3. The normalized spacial score (nSPS) is 10.2. The van der Waals surface area contributed by atoms with Crippen molar-refractivity contribution < 1.29 is 4.79 Å². The van der Waals surface area contributed by atoms with Crippen LogP contribution in [0.25, 0.3) is 22.4 Å². The first-order chi connectivity index (χ1) is 16.0. The van der Waals surface area contributed by atoms with Gasteiger partial charge in [-0.15, -0.1) is 11.8 Å². The average Bonchev–Trinajstić information content (AvgIpc) is 2.85. The molecule has 1 aromatic heterocycles. The molecule has 0 bridgehead atoms. The molecule has 0 spiro atoms. The van der Waals surface area contributed by atoms with E-state index in [0.717, 1.165) is 38.5 Å². The summed E-state index contributed by atoms with van der Waals surface area (Å²) in [5.41, 5.74) is 7.63. The third-order valence-electron chi connectivity index (χ3n) is 5.22. The number of rotatable bonds is 5. The maximum atomic E-state index is 13.3. The van der Waals surface area contributed by atoms with Gasteiger partial charge in [0.15, 0.2) is 0 Å². The summed E-state index contributed by atoms with van der Waals surface area (Å²) < 4.78 is 0. The first-order valence-corrected chi connectivity index (χ1v) is 12.4. The van der Waals surface area contributed by atoms with Crippen LogP contribution >= 0.6 is 11.8 Å². The highest BCUT2D eigenvalue weighted by Gasteiger charge is 2.16. The van der Waals surface area contributed by atoms with E-state index < -0.39 is 0 Å². The van der Waals surface area contributed by atoms with E-state index in [0.29, 0.717) is 5.56 Å². The number of nitrogens with one attached hydrogen (secondary N) is 1. The van der Waals surface area contributed by atoms with Crippen molar-refractivity contribution in [3.63, 3.8) is 0 Å². The van der Waals surface area contributed by atoms with E-state index in [9.17, 15) is 4.79 Å². The minimum absolute atomic E-state index is 0.124. The number of carbonyl (C=O) groups excluding carboxylic acids is 1. The first kappa shape index (κ1) is 24.3. The highest BCUT2D eigenvalue weighted by molar-refractivity contribution is 7.98. The summed E-state index contributed by atoms with van der Waals surface area (Å²) in [7, 11) is 0. The summed E-state index contributed by atoms with van der Waals surface area (Å²) >= 11 is 1.67. The molecular formula is C29H30N2OS. The van der Waals surface area contributed by atoms with Gasteiger partial charge >= 0.3 is 0 Å². The van der Waals surface area contributed by atoms with Crippen molar-refractivity contribution in [2.24, 2.45) is 0 Å². The van der Waals surface area contributed by atoms with E-state index in [-0.39, 0.29) is 5.91 Å². The van der Waals surface area contributed by atoms with Crippen molar-refractivity contribution in [1.29, 1.82) is 0 Å². The van der Waals surface area contributed by atoms with Crippen LogP contribution in [0.2, 0.25) is 0 Å². The minimum atomic E-state index is -0.124. The molecule has 0 saturated heterocycles. The predicted octanol–water partition coefficient (Wildman–Crippen LogP) is 8.03. The lowest BCUT2D eigenvalue weighted by Crippen LogP contribution is -2.13. The molecule has 4 aromatic rings. The molecule has 33 heavy (non-hydrogen) atoms. The Balaban J connectivity index is 0.00000149. The molecule has 4 rings (SSSR count). The second-order valence-electron chi connectivity index (χ2n) is 7.48. The van der Waals surface area contributed by atoms with Crippen LogP contribution in [0.5, 0.6) is 0 Å². The van der Waals surface area contributed by atoms with Crippen molar-refractivity contribution in [2.75, 3.05) is 11.6 Å². The van der Waals surface area contributed by atoms with Gasteiger partial charge in [0.2, 0.25) is 0 Å². The molecule has 0 aliphatic rings. The molecule has 1 amide bonds. The topological polar surface area (TPSA) is 42.0 Å². The third kappa shape index (κ3) is 5.91. The second-order valence-corrected chi connectivity index (χ2v) is 8.36. The molecule has 168 valence electrons. The highest BCUT2D eigenvalue weighted by atomic mass is 32.2. The van der Waals surface area contributed by atoms with Gasteiger partial charge < -0.3 is 5.32 Å². The highest BCUT2D eigenvalue weighted by Crippen LogP contribution is 2.32. The third-order valence-corrected chi connectivity index (χ3v) is 5.95. The SMILES string of the molecule is CC.CSc1ccc(C(=O)Nc2cccc(-c3ccccn3)c2)c(-c2ccc(C)cc2C)c1. The number of thioether (sulfide) groups is 1. The number of carbonyl (C=O) groups is 1. The van der Waals surface area contributed by atoms with Crippen molar-refractivity contribution in [3.8, 4) is 22.4 Å². The molecule has 3 nitrogen and oxygen atoms in total. The summed E-state index contributed by atoms with van der Waals surface area (Å²) in [6, 6.07) is 25.9. The molecule has 0 atom stereocenters. The summed E-state index contributed by atoms with van der Waals surface area (Å²) in [4.78, 5) is 18.8. The largest absolute Gasteiger partial charge is 0.322 e. The summed E-state index contributed by atoms with van der Waals surface area (Å²) in [6.45, 7) is 8.17. The van der Waals surface area contributed by atoms with Gasteiger partial charge in [-0.3, -0.25) is 9.78 Å². The van der Waals surface area contributed by atoms with Gasteiger partial charge in [-0.25, -0.2) is 0 Å². The average molecular weight is 455 g/mol. The number of aryl methyl sites for hydroxylation is 2. The van der Waals surface area contributed by atoms with E-state index in [1.807, 2.05) is 74.7 Å². The number of pyridine rings is 1. The number of nitrogens with zero attached hydrogens (tertiary/aromatic N) is 1. The second kappa shape index (κ2) is 11.5. The first-order valence-electron chi connectivity index (χ1n) is 11.1. The number of anilines is 1. The number of aromatic nitrogens is 1. The fourth-order valence-electron chi connectivity index (χ4n) is 3.68. The molecule has 1 heterocycles. The molecule has 0 aliphatic heterocycles. The molecule has 0 aliphatic carbocycles. The molecule has 0 unspecified atom stereocenters. The van der Waals surface area contributed by atoms with Gasteiger partial charge in [0.05, 0.1) is 5.69 Å². The minimum Gasteiger partial charge on any atom is -0.322 e. The Morgan fingerprint density at radius 1 is 0.848 bits per heavy atom. The van der Waals surface area contributed by atoms with Crippen molar-refractivity contribution in [3.05, 3.63) is 102 Å². The molecule has 4 heteroatoms. The predicted molar refractivity (Wildman–Crippen MR) is 142 cm³/mol. The Labute approximate surface area is 201 Å². The van der Waals surface area contributed by atoms with Crippen molar-refractivity contribution in [2.45, 2.75) is 32.6 Å². The smallest absolute Gasteiger partial charge is 0.256 e. The van der Waals surface area contributed by atoms with Crippen LogP contribution in [-0.4, -0.2) is 17.1 Å². The maximum absolute atomic E-state index is 13.3. The van der Waals surface area contributed by atoms with Crippen molar-refractivity contribution >= 4 is 23.4 Å².